The molecule has 0 bridgehead atoms. The number of hydrogen-bond donors (Lipinski definition) is 2. The molecule has 0 saturated carbocycles. The molecular formula is C15H22N2O. The summed E-state index contributed by atoms with van der Waals surface area (Å²) in [7, 11) is 0. The second kappa shape index (κ2) is 6.57. The molecule has 0 aliphatic rings. The van der Waals surface area contributed by atoms with Gasteiger partial charge in [0.15, 0.2) is 0 Å². The van der Waals surface area contributed by atoms with Crippen molar-refractivity contribution in [3.63, 3.8) is 0 Å². The van der Waals surface area contributed by atoms with Crippen molar-refractivity contribution in [2.45, 2.75) is 32.9 Å². The van der Waals surface area contributed by atoms with Crippen molar-refractivity contribution in [1.82, 2.24) is 9.88 Å². The highest BCUT2D eigenvalue weighted by atomic mass is 16.2. The molecule has 0 aliphatic heterocycles. The highest BCUT2D eigenvalue weighted by molar-refractivity contribution is 5.80. The van der Waals surface area contributed by atoms with Crippen LogP contribution in [0.2, 0.25) is 0 Å². The fourth-order valence-electron chi connectivity index (χ4n) is 2.20. The minimum Gasteiger partial charge on any atom is -0.396 e. The Hall–Kier alpha value is -1.32. The molecule has 0 amide bonds. The third-order valence-corrected chi connectivity index (χ3v) is 3.22. The number of aliphatic hydroxyl groups excluding tert-OH is 1. The lowest BCUT2D eigenvalue weighted by Gasteiger charge is -2.07. The molecule has 2 N–H and O–H groups in total. The van der Waals surface area contributed by atoms with Crippen LogP contribution < -0.4 is 5.32 Å². The molecule has 1 aromatic heterocycles. The van der Waals surface area contributed by atoms with Gasteiger partial charge in [-0.05, 0) is 42.5 Å². The Labute approximate surface area is 108 Å². The van der Waals surface area contributed by atoms with Crippen LogP contribution in [0.1, 0.15) is 25.3 Å². The first kappa shape index (κ1) is 13.1. The second-order valence-electron chi connectivity index (χ2n) is 4.61. The van der Waals surface area contributed by atoms with E-state index in [9.17, 15) is 0 Å². The summed E-state index contributed by atoms with van der Waals surface area (Å²) < 4.78 is 2.28. The number of fused-ring (bicyclic) bond motifs is 1. The van der Waals surface area contributed by atoms with Gasteiger partial charge in [-0.2, -0.15) is 0 Å². The van der Waals surface area contributed by atoms with Crippen molar-refractivity contribution in [3.05, 3.63) is 36.0 Å². The Balaban J connectivity index is 2.14. The van der Waals surface area contributed by atoms with E-state index in [0.29, 0.717) is 0 Å². The van der Waals surface area contributed by atoms with Crippen molar-refractivity contribution in [3.8, 4) is 0 Å². The van der Waals surface area contributed by atoms with E-state index in [-0.39, 0.29) is 6.61 Å². The molecule has 0 saturated heterocycles. The van der Waals surface area contributed by atoms with Gasteiger partial charge >= 0.3 is 0 Å². The first-order valence-electron chi connectivity index (χ1n) is 6.74. The van der Waals surface area contributed by atoms with E-state index in [1.54, 1.807) is 0 Å². The van der Waals surface area contributed by atoms with Gasteiger partial charge in [0, 0.05) is 31.4 Å². The van der Waals surface area contributed by atoms with E-state index in [1.165, 1.54) is 16.5 Å². The van der Waals surface area contributed by atoms with Gasteiger partial charge in [0.2, 0.25) is 0 Å². The van der Waals surface area contributed by atoms with Crippen molar-refractivity contribution >= 4 is 10.9 Å². The number of nitrogens with one attached hydrogen (secondary N) is 1. The van der Waals surface area contributed by atoms with Gasteiger partial charge in [0.25, 0.3) is 0 Å². The van der Waals surface area contributed by atoms with Crippen molar-refractivity contribution in [2.75, 3.05) is 13.2 Å². The van der Waals surface area contributed by atoms with Crippen molar-refractivity contribution in [1.29, 1.82) is 0 Å². The number of aromatic nitrogens is 1. The highest BCUT2D eigenvalue weighted by Crippen LogP contribution is 2.18. The molecule has 1 heterocycles. The molecule has 18 heavy (non-hydrogen) atoms. The number of benzene rings is 1. The van der Waals surface area contributed by atoms with Gasteiger partial charge < -0.3 is 15.0 Å². The first-order chi connectivity index (χ1) is 8.85. The minimum atomic E-state index is 0.283. The lowest BCUT2D eigenvalue weighted by molar-refractivity contribution is 0.281. The predicted octanol–water partition coefficient (Wildman–Crippen LogP) is 2.52. The van der Waals surface area contributed by atoms with Crippen LogP contribution in [0.4, 0.5) is 0 Å². The molecule has 1 aromatic carbocycles. The zero-order chi connectivity index (χ0) is 12.8. The average molecular weight is 246 g/mol. The van der Waals surface area contributed by atoms with Crippen LogP contribution in [0.3, 0.4) is 0 Å². The maximum Gasteiger partial charge on any atom is 0.0483 e. The summed E-state index contributed by atoms with van der Waals surface area (Å²) in [4.78, 5) is 0. The van der Waals surface area contributed by atoms with Gasteiger partial charge in [-0.25, -0.2) is 0 Å². The summed E-state index contributed by atoms with van der Waals surface area (Å²) in [5.74, 6) is 0. The topological polar surface area (TPSA) is 37.2 Å². The largest absolute Gasteiger partial charge is 0.396 e. The summed E-state index contributed by atoms with van der Waals surface area (Å²) in [6.07, 6.45) is 4.04. The molecule has 0 radical (unpaired) electrons. The normalized spacial score (nSPS) is 11.2. The molecule has 3 nitrogen and oxygen atoms in total. The van der Waals surface area contributed by atoms with E-state index >= 15 is 0 Å². The van der Waals surface area contributed by atoms with E-state index in [2.05, 4.69) is 47.3 Å². The van der Waals surface area contributed by atoms with Crippen LogP contribution in [0.5, 0.6) is 0 Å². The van der Waals surface area contributed by atoms with Crippen LogP contribution in [0.25, 0.3) is 10.9 Å². The Bertz CT molecular complexity index is 490. The summed E-state index contributed by atoms with van der Waals surface area (Å²) in [5.41, 5.74) is 2.62. The fourth-order valence-corrected chi connectivity index (χ4v) is 2.20. The summed E-state index contributed by atoms with van der Waals surface area (Å²) in [5, 5.41) is 13.5. The number of unbranched alkanes of at least 4 members (excludes halogenated alkanes) is 1. The lowest BCUT2D eigenvalue weighted by Crippen LogP contribution is -2.11. The maximum atomic E-state index is 8.83. The van der Waals surface area contributed by atoms with Crippen LogP contribution >= 0.6 is 0 Å². The Kier molecular flexibility index (Phi) is 4.79. The number of nitrogens with zero attached hydrogens (tertiary/aromatic N) is 1. The predicted molar refractivity (Wildman–Crippen MR) is 75.6 cm³/mol. The first-order valence-corrected chi connectivity index (χ1v) is 6.74. The van der Waals surface area contributed by atoms with Crippen LogP contribution in [-0.2, 0) is 13.1 Å². The minimum absolute atomic E-state index is 0.283. The third kappa shape index (κ3) is 3.12. The molecule has 0 aliphatic carbocycles. The monoisotopic (exact) mass is 246 g/mol. The van der Waals surface area contributed by atoms with E-state index in [0.717, 1.165) is 32.5 Å². The number of rotatable bonds is 7. The summed E-state index contributed by atoms with van der Waals surface area (Å²) in [6, 6.07) is 8.79. The zero-order valence-electron chi connectivity index (χ0n) is 11.0. The van der Waals surface area contributed by atoms with Gasteiger partial charge in [0.05, 0.1) is 0 Å². The maximum absolute atomic E-state index is 8.83. The van der Waals surface area contributed by atoms with Crippen molar-refractivity contribution < 1.29 is 5.11 Å². The SMILES string of the molecule is CCNCc1ccc2ccn(CCCCO)c2c1. The smallest absolute Gasteiger partial charge is 0.0483 e. The number of aryl methyl sites for hydroxylation is 1. The Morgan fingerprint density at radius 3 is 2.89 bits per heavy atom. The molecule has 0 spiro atoms. The van der Waals surface area contributed by atoms with Crippen LogP contribution in [0.15, 0.2) is 30.5 Å². The van der Waals surface area contributed by atoms with Crippen LogP contribution in [-0.4, -0.2) is 22.8 Å². The molecule has 98 valence electrons. The Morgan fingerprint density at radius 1 is 1.22 bits per heavy atom. The molecule has 2 rings (SSSR count). The molecule has 0 fully saturated rings. The number of hydrogen-bond acceptors (Lipinski definition) is 2. The number of aliphatic hydroxyl groups is 1. The standard InChI is InChI=1S/C15H22N2O/c1-2-16-12-13-5-6-14-7-9-17(15(14)11-13)8-3-4-10-18/h5-7,9,11,16,18H,2-4,8,10,12H2,1H3. The summed E-state index contributed by atoms with van der Waals surface area (Å²) >= 11 is 0. The molecule has 3 heteroatoms. The van der Waals surface area contributed by atoms with Gasteiger partial charge in [-0.3, -0.25) is 0 Å². The molecule has 0 atom stereocenters. The lowest BCUT2D eigenvalue weighted by atomic mass is 10.1. The molecular weight excluding hydrogens is 224 g/mol. The third-order valence-electron chi connectivity index (χ3n) is 3.22. The van der Waals surface area contributed by atoms with Gasteiger partial charge in [-0.15, -0.1) is 0 Å². The van der Waals surface area contributed by atoms with E-state index in [4.69, 9.17) is 5.11 Å². The van der Waals surface area contributed by atoms with Crippen molar-refractivity contribution in [2.24, 2.45) is 0 Å². The van der Waals surface area contributed by atoms with Gasteiger partial charge in [0.1, 0.15) is 0 Å². The zero-order valence-corrected chi connectivity index (χ0v) is 11.0. The van der Waals surface area contributed by atoms with E-state index in [1.807, 2.05) is 0 Å². The fraction of sp³-hybridized carbons (Fsp3) is 0.467. The summed E-state index contributed by atoms with van der Waals surface area (Å²) in [6.45, 7) is 5.31. The second-order valence-corrected chi connectivity index (χ2v) is 4.61. The highest BCUT2D eigenvalue weighted by Gasteiger charge is 2.02. The Morgan fingerprint density at radius 2 is 2.11 bits per heavy atom. The van der Waals surface area contributed by atoms with E-state index < -0.39 is 0 Å². The van der Waals surface area contributed by atoms with Crippen LogP contribution in [0, 0.1) is 0 Å². The molecule has 2 aromatic rings. The van der Waals surface area contributed by atoms with Gasteiger partial charge in [-0.1, -0.05) is 19.1 Å². The average Bonchev–Trinajstić information content (AvgIpc) is 2.79. The molecule has 0 unspecified atom stereocenters. The quantitative estimate of drug-likeness (QED) is 0.737.